The van der Waals surface area contributed by atoms with E-state index in [1.54, 1.807) is 26.6 Å². The van der Waals surface area contributed by atoms with Gasteiger partial charge in [0.15, 0.2) is 0 Å². The number of methoxy groups -OCH3 is 2. The molecular weight excluding hydrogens is 290 g/mol. The smallest absolute Gasteiger partial charge is 0.131 e. The highest BCUT2D eigenvalue weighted by Gasteiger charge is 2.03. The number of aromatic nitrogens is 1. The van der Waals surface area contributed by atoms with Crippen molar-refractivity contribution in [1.82, 2.24) is 4.98 Å². The molecule has 0 aliphatic rings. The third kappa shape index (κ3) is 3.23. The minimum absolute atomic E-state index is 0.700. The molecule has 2 aromatic carbocycles. The first kappa shape index (κ1) is 14.8. The van der Waals surface area contributed by atoms with Crippen molar-refractivity contribution in [1.29, 1.82) is 0 Å². The molecule has 3 rings (SSSR count). The van der Waals surface area contributed by atoms with Gasteiger partial charge in [-0.3, -0.25) is 10.4 Å². The number of rotatable bonds is 5. The summed E-state index contributed by atoms with van der Waals surface area (Å²) >= 11 is 0. The van der Waals surface area contributed by atoms with Gasteiger partial charge in [-0.15, -0.1) is 0 Å². The van der Waals surface area contributed by atoms with E-state index in [2.05, 4.69) is 15.5 Å². The maximum Gasteiger partial charge on any atom is 0.131 e. The van der Waals surface area contributed by atoms with E-state index in [9.17, 15) is 0 Å². The summed E-state index contributed by atoms with van der Waals surface area (Å²) in [5.41, 5.74) is 5.63. The number of hydrogen-bond donors (Lipinski definition) is 1. The summed E-state index contributed by atoms with van der Waals surface area (Å²) in [6, 6.07) is 15.4. The molecule has 116 valence electrons. The van der Waals surface area contributed by atoms with Crippen molar-refractivity contribution < 1.29 is 9.47 Å². The normalized spacial score (nSPS) is 10.9. The Morgan fingerprint density at radius 3 is 2.74 bits per heavy atom. The number of anilines is 1. The Bertz CT molecular complexity index is 841. The summed E-state index contributed by atoms with van der Waals surface area (Å²) in [6.07, 6.45) is 3.48. The molecule has 0 aliphatic carbocycles. The average Bonchev–Trinajstić information content (AvgIpc) is 2.62. The van der Waals surface area contributed by atoms with Crippen LogP contribution < -0.4 is 14.9 Å². The zero-order chi connectivity index (χ0) is 16.1. The molecule has 5 nitrogen and oxygen atoms in total. The Balaban J connectivity index is 1.83. The Morgan fingerprint density at radius 1 is 1.04 bits per heavy atom. The molecule has 0 fully saturated rings. The van der Waals surface area contributed by atoms with Crippen LogP contribution in [0.3, 0.4) is 0 Å². The molecule has 1 aromatic heterocycles. The van der Waals surface area contributed by atoms with Gasteiger partial charge in [-0.25, -0.2) is 0 Å². The Labute approximate surface area is 134 Å². The number of nitrogens with zero attached hydrogens (tertiary/aromatic N) is 2. The molecule has 0 radical (unpaired) electrons. The number of nitrogens with one attached hydrogen (secondary N) is 1. The number of hydrogen-bond acceptors (Lipinski definition) is 5. The molecule has 3 aromatic rings. The first-order valence-electron chi connectivity index (χ1n) is 7.16. The van der Waals surface area contributed by atoms with Gasteiger partial charge in [0.25, 0.3) is 0 Å². The van der Waals surface area contributed by atoms with Crippen LogP contribution in [0.5, 0.6) is 11.5 Å². The van der Waals surface area contributed by atoms with Gasteiger partial charge in [0.05, 0.1) is 31.6 Å². The zero-order valence-electron chi connectivity index (χ0n) is 13.0. The minimum Gasteiger partial charge on any atom is -0.497 e. The molecule has 1 N–H and O–H groups in total. The highest BCUT2D eigenvalue weighted by Crippen LogP contribution is 2.24. The second-order valence-corrected chi connectivity index (χ2v) is 4.86. The lowest BCUT2D eigenvalue weighted by Gasteiger charge is -2.07. The first-order chi connectivity index (χ1) is 11.3. The zero-order valence-corrected chi connectivity index (χ0v) is 13.0. The lowest BCUT2D eigenvalue weighted by Crippen LogP contribution is -1.96. The fourth-order valence-corrected chi connectivity index (χ4v) is 2.29. The van der Waals surface area contributed by atoms with Gasteiger partial charge < -0.3 is 9.47 Å². The van der Waals surface area contributed by atoms with Crippen molar-refractivity contribution in [2.45, 2.75) is 0 Å². The van der Waals surface area contributed by atoms with Gasteiger partial charge in [-0.05, 0) is 24.3 Å². The Morgan fingerprint density at radius 2 is 1.91 bits per heavy atom. The number of para-hydroxylation sites is 1. The third-order valence-corrected chi connectivity index (χ3v) is 3.46. The van der Waals surface area contributed by atoms with Crippen molar-refractivity contribution >= 4 is 22.8 Å². The summed E-state index contributed by atoms with van der Waals surface area (Å²) in [6.45, 7) is 0. The van der Waals surface area contributed by atoms with Crippen molar-refractivity contribution in [3.8, 4) is 11.5 Å². The van der Waals surface area contributed by atoms with Crippen molar-refractivity contribution in [2.24, 2.45) is 5.10 Å². The molecule has 1 heterocycles. The van der Waals surface area contributed by atoms with E-state index in [1.807, 2.05) is 48.5 Å². The van der Waals surface area contributed by atoms with Gasteiger partial charge in [0.2, 0.25) is 0 Å². The number of ether oxygens (including phenoxy) is 2. The van der Waals surface area contributed by atoms with Gasteiger partial charge >= 0.3 is 0 Å². The summed E-state index contributed by atoms with van der Waals surface area (Å²) < 4.78 is 10.5. The molecule has 23 heavy (non-hydrogen) atoms. The van der Waals surface area contributed by atoms with Crippen LogP contribution >= 0.6 is 0 Å². The quantitative estimate of drug-likeness (QED) is 0.577. The van der Waals surface area contributed by atoms with Gasteiger partial charge in [0, 0.05) is 23.2 Å². The summed E-state index contributed by atoms with van der Waals surface area (Å²) in [4.78, 5) is 4.39. The van der Waals surface area contributed by atoms with E-state index in [4.69, 9.17) is 9.47 Å². The van der Waals surface area contributed by atoms with E-state index < -0.39 is 0 Å². The van der Waals surface area contributed by atoms with Gasteiger partial charge in [0.1, 0.15) is 11.5 Å². The minimum atomic E-state index is 0.700. The van der Waals surface area contributed by atoms with Gasteiger partial charge in [-0.2, -0.15) is 5.10 Å². The Kier molecular flexibility index (Phi) is 4.38. The van der Waals surface area contributed by atoms with Gasteiger partial charge in [-0.1, -0.05) is 18.2 Å². The van der Waals surface area contributed by atoms with Crippen LogP contribution in [0, 0.1) is 0 Å². The fourth-order valence-electron chi connectivity index (χ4n) is 2.29. The van der Waals surface area contributed by atoms with E-state index in [-0.39, 0.29) is 0 Å². The van der Waals surface area contributed by atoms with Crippen LogP contribution in [0.4, 0.5) is 5.69 Å². The molecular formula is C18H17N3O2. The molecule has 0 bridgehead atoms. The molecule has 0 amide bonds. The van der Waals surface area contributed by atoms with E-state index in [0.29, 0.717) is 5.75 Å². The molecule has 0 atom stereocenters. The second-order valence-electron chi connectivity index (χ2n) is 4.86. The SMILES string of the molecule is COc1ccc(/C=N/Nc2cccc3cccnc23)c(OC)c1. The standard InChI is InChI=1S/C18H17N3O2/c1-22-15-9-8-14(17(11-15)23-2)12-20-21-16-7-3-5-13-6-4-10-19-18(13)16/h3-12,21H,1-2H3/b20-12+. The van der Waals surface area contributed by atoms with Crippen LogP contribution in [0.2, 0.25) is 0 Å². The fraction of sp³-hybridized carbons (Fsp3) is 0.111. The highest BCUT2D eigenvalue weighted by atomic mass is 16.5. The lowest BCUT2D eigenvalue weighted by molar-refractivity contribution is 0.394. The van der Waals surface area contributed by atoms with Crippen LogP contribution in [-0.2, 0) is 0 Å². The van der Waals surface area contributed by atoms with E-state index >= 15 is 0 Å². The molecule has 0 spiro atoms. The van der Waals surface area contributed by atoms with Crippen LogP contribution in [0.1, 0.15) is 5.56 Å². The monoisotopic (exact) mass is 307 g/mol. The van der Waals surface area contributed by atoms with Crippen LogP contribution in [0.15, 0.2) is 59.8 Å². The highest BCUT2D eigenvalue weighted by molar-refractivity contribution is 5.91. The van der Waals surface area contributed by atoms with E-state index in [0.717, 1.165) is 27.9 Å². The number of benzene rings is 2. The lowest BCUT2D eigenvalue weighted by atomic mass is 10.2. The predicted molar refractivity (Wildman–Crippen MR) is 92.5 cm³/mol. The van der Waals surface area contributed by atoms with Crippen molar-refractivity contribution in [3.05, 3.63) is 60.3 Å². The Hall–Kier alpha value is -3.08. The third-order valence-electron chi connectivity index (χ3n) is 3.46. The van der Waals surface area contributed by atoms with Crippen LogP contribution in [-0.4, -0.2) is 25.4 Å². The molecule has 0 saturated carbocycles. The molecule has 0 aliphatic heterocycles. The number of hydrazone groups is 1. The van der Waals surface area contributed by atoms with Crippen molar-refractivity contribution in [2.75, 3.05) is 19.6 Å². The van der Waals surface area contributed by atoms with E-state index in [1.165, 1.54) is 0 Å². The van der Waals surface area contributed by atoms with Crippen molar-refractivity contribution in [3.63, 3.8) is 0 Å². The molecule has 5 heteroatoms. The number of fused-ring (bicyclic) bond motifs is 1. The molecule has 0 unspecified atom stereocenters. The second kappa shape index (κ2) is 6.79. The predicted octanol–water partition coefficient (Wildman–Crippen LogP) is 3.70. The maximum atomic E-state index is 5.35. The number of pyridine rings is 1. The maximum absolute atomic E-state index is 5.35. The average molecular weight is 307 g/mol. The molecule has 0 saturated heterocycles. The summed E-state index contributed by atoms with van der Waals surface area (Å²) in [5.74, 6) is 1.44. The largest absolute Gasteiger partial charge is 0.497 e. The summed E-state index contributed by atoms with van der Waals surface area (Å²) in [5, 5.41) is 5.35. The first-order valence-corrected chi connectivity index (χ1v) is 7.16. The summed E-state index contributed by atoms with van der Waals surface area (Å²) in [7, 11) is 3.24. The topological polar surface area (TPSA) is 55.7 Å². The van der Waals surface area contributed by atoms with Crippen LogP contribution in [0.25, 0.3) is 10.9 Å².